The van der Waals surface area contributed by atoms with Crippen molar-refractivity contribution in [3.05, 3.63) is 24.0 Å². The van der Waals surface area contributed by atoms with Crippen LogP contribution in [0.5, 0.6) is 5.75 Å². The minimum Gasteiger partial charge on any atom is -0.466 e. The zero-order valence-corrected chi connectivity index (χ0v) is 9.96. The van der Waals surface area contributed by atoms with Crippen LogP contribution in [0.15, 0.2) is 18.3 Å². The minimum atomic E-state index is -4.34. The van der Waals surface area contributed by atoms with Crippen LogP contribution in [0.1, 0.15) is 12.6 Å². The second-order valence-electron chi connectivity index (χ2n) is 3.49. The molecule has 0 aliphatic heterocycles. The maximum Gasteiger partial charge on any atom is 0.411 e. The molecule has 4 nitrogen and oxygen atoms in total. The van der Waals surface area contributed by atoms with E-state index < -0.39 is 19.6 Å². The van der Waals surface area contributed by atoms with Gasteiger partial charge in [0.05, 0.1) is 11.9 Å². The summed E-state index contributed by atoms with van der Waals surface area (Å²) in [5.74, 6) is 0.373. The molecule has 0 aromatic carbocycles. The van der Waals surface area contributed by atoms with Crippen LogP contribution < -0.4 is 10.1 Å². The molecule has 0 aliphatic rings. The van der Waals surface area contributed by atoms with Gasteiger partial charge >= 0.3 is 6.18 Å². The molecule has 1 rings (SSSR count). The van der Waals surface area contributed by atoms with Crippen molar-refractivity contribution in [2.75, 3.05) is 19.9 Å². The first-order chi connectivity index (χ1) is 8.51. The van der Waals surface area contributed by atoms with Gasteiger partial charge in [-0.1, -0.05) is 6.92 Å². The van der Waals surface area contributed by atoms with Crippen molar-refractivity contribution in [2.45, 2.75) is 19.6 Å². The average Bonchev–Trinajstić information content (AvgIpc) is 2.32. The number of rotatable bonds is 7. The summed E-state index contributed by atoms with van der Waals surface area (Å²) in [4.78, 5) is 4.08. The second kappa shape index (κ2) is 7.17. The highest BCUT2D eigenvalue weighted by atomic mass is 19.4. The minimum absolute atomic E-state index is 0.373. The molecular weight excluding hydrogens is 249 g/mol. The number of alkyl halides is 3. The lowest BCUT2D eigenvalue weighted by Gasteiger charge is -2.09. The van der Waals surface area contributed by atoms with E-state index in [4.69, 9.17) is 4.74 Å². The number of aromatic nitrogens is 1. The molecule has 1 N–H and O–H groups in total. The van der Waals surface area contributed by atoms with E-state index in [1.54, 1.807) is 12.1 Å². The summed E-state index contributed by atoms with van der Waals surface area (Å²) in [6.45, 7) is 1.69. The van der Waals surface area contributed by atoms with E-state index in [1.165, 1.54) is 6.20 Å². The quantitative estimate of drug-likeness (QED) is 0.605. The molecule has 1 aromatic heterocycles. The summed E-state index contributed by atoms with van der Waals surface area (Å²) in [6.07, 6.45) is -2.89. The molecule has 102 valence electrons. The van der Waals surface area contributed by atoms with Crippen molar-refractivity contribution < 1.29 is 22.6 Å². The SMILES string of the molecule is CCNCc1ccc(OCOCC(F)(F)F)cn1. The first-order valence-corrected chi connectivity index (χ1v) is 5.44. The number of halogens is 3. The van der Waals surface area contributed by atoms with Crippen molar-refractivity contribution in [1.82, 2.24) is 10.3 Å². The van der Waals surface area contributed by atoms with E-state index >= 15 is 0 Å². The number of nitrogens with one attached hydrogen (secondary N) is 1. The first kappa shape index (κ1) is 14.7. The Bertz CT molecular complexity index is 341. The van der Waals surface area contributed by atoms with Gasteiger partial charge in [-0.3, -0.25) is 4.98 Å². The second-order valence-corrected chi connectivity index (χ2v) is 3.49. The average molecular weight is 264 g/mol. The molecule has 1 aromatic rings. The summed E-state index contributed by atoms with van der Waals surface area (Å²) in [5, 5.41) is 3.10. The molecule has 0 fully saturated rings. The molecule has 0 aliphatic carbocycles. The van der Waals surface area contributed by atoms with Crippen molar-refractivity contribution in [3.63, 3.8) is 0 Å². The van der Waals surface area contributed by atoms with Crippen LogP contribution in [0.4, 0.5) is 13.2 Å². The van der Waals surface area contributed by atoms with E-state index in [1.807, 2.05) is 6.92 Å². The fraction of sp³-hybridized carbons (Fsp3) is 0.545. The fourth-order valence-corrected chi connectivity index (χ4v) is 1.12. The van der Waals surface area contributed by atoms with Gasteiger partial charge in [0.1, 0.15) is 12.4 Å². The van der Waals surface area contributed by atoms with E-state index in [-0.39, 0.29) is 0 Å². The Morgan fingerprint density at radius 2 is 2.11 bits per heavy atom. The van der Waals surface area contributed by atoms with E-state index in [0.29, 0.717) is 12.3 Å². The molecule has 1 heterocycles. The number of pyridine rings is 1. The Hall–Kier alpha value is -1.34. The smallest absolute Gasteiger partial charge is 0.411 e. The Morgan fingerprint density at radius 3 is 2.67 bits per heavy atom. The number of hydrogen-bond acceptors (Lipinski definition) is 4. The van der Waals surface area contributed by atoms with Crippen LogP contribution in [-0.2, 0) is 11.3 Å². The Kier molecular flexibility index (Phi) is 5.87. The lowest BCUT2D eigenvalue weighted by molar-refractivity contribution is -0.186. The van der Waals surface area contributed by atoms with E-state index in [2.05, 4.69) is 15.0 Å². The standard InChI is InChI=1S/C11H15F3N2O2/c1-2-15-5-9-3-4-10(6-16-9)18-8-17-7-11(12,13)14/h3-4,6,15H,2,5,7-8H2,1H3. The Balaban J connectivity index is 2.26. The van der Waals surface area contributed by atoms with Gasteiger partial charge in [-0.2, -0.15) is 13.2 Å². The summed E-state index contributed by atoms with van der Waals surface area (Å²) in [7, 11) is 0. The highest BCUT2D eigenvalue weighted by Crippen LogP contribution is 2.15. The van der Waals surface area contributed by atoms with Crippen LogP contribution in [-0.4, -0.2) is 31.1 Å². The monoisotopic (exact) mass is 264 g/mol. The van der Waals surface area contributed by atoms with Crippen molar-refractivity contribution in [3.8, 4) is 5.75 Å². The molecular formula is C11H15F3N2O2. The third-order valence-corrected chi connectivity index (χ3v) is 1.93. The largest absolute Gasteiger partial charge is 0.466 e. The Labute approximate surface area is 103 Å². The zero-order valence-electron chi connectivity index (χ0n) is 9.96. The van der Waals surface area contributed by atoms with Gasteiger partial charge in [0.15, 0.2) is 6.79 Å². The highest BCUT2D eigenvalue weighted by molar-refractivity contribution is 5.19. The number of nitrogens with zero attached hydrogens (tertiary/aromatic N) is 1. The van der Waals surface area contributed by atoms with Crippen molar-refractivity contribution in [2.24, 2.45) is 0 Å². The predicted molar refractivity (Wildman–Crippen MR) is 59.1 cm³/mol. The summed E-state index contributed by atoms with van der Waals surface area (Å²) >= 11 is 0. The Morgan fingerprint density at radius 1 is 1.33 bits per heavy atom. The van der Waals surface area contributed by atoms with Crippen LogP contribution >= 0.6 is 0 Å². The zero-order chi connectivity index (χ0) is 13.4. The lowest BCUT2D eigenvalue weighted by atomic mass is 10.3. The van der Waals surface area contributed by atoms with Gasteiger partial charge in [0.25, 0.3) is 0 Å². The van der Waals surface area contributed by atoms with Gasteiger partial charge in [-0.05, 0) is 18.7 Å². The summed E-state index contributed by atoms with van der Waals surface area (Å²) < 4.78 is 44.5. The van der Waals surface area contributed by atoms with Crippen molar-refractivity contribution in [1.29, 1.82) is 0 Å². The third-order valence-electron chi connectivity index (χ3n) is 1.93. The van der Waals surface area contributed by atoms with Crippen LogP contribution in [0.25, 0.3) is 0 Å². The number of hydrogen-bond donors (Lipinski definition) is 1. The van der Waals surface area contributed by atoms with E-state index in [0.717, 1.165) is 12.2 Å². The third kappa shape index (κ3) is 6.41. The fourth-order valence-electron chi connectivity index (χ4n) is 1.12. The van der Waals surface area contributed by atoms with Crippen LogP contribution in [0, 0.1) is 0 Å². The number of ether oxygens (including phenoxy) is 2. The maximum atomic E-state index is 11.8. The van der Waals surface area contributed by atoms with Crippen LogP contribution in [0.3, 0.4) is 0 Å². The maximum absolute atomic E-state index is 11.8. The van der Waals surface area contributed by atoms with Crippen LogP contribution in [0.2, 0.25) is 0 Å². The molecule has 0 spiro atoms. The molecule has 0 saturated carbocycles. The van der Waals surface area contributed by atoms with Gasteiger partial charge in [-0.15, -0.1) is 0 Å². The van der Waals surface area contributed by atoms with Gasteiger partial charge in [-0.25, -0.2) is 0 Å². The topological polar surface area (TPSA) is 43.4 Å². The van der Waals surface area contributed by atoms with Gasteiger partial charge in [0.2, 0.25) is 0 Å². The molecule has 0 atom stereocenters. The lowest BCUT2D eigenvalue weighted by Crippen LogP contribution is -2.19. The molecule has 7 heteroatoms. The van der Waals surface area contributed by atoms with Crippen molar-refractivity contribution >= 4 is 0 Å². The molecule has 0 saturated heterocycles. The molecule has 18 heavy (non-hydrogen) atoms. The molecule has 0 bridgehead atoms. The van der Waals surface area contributed by atoms with E-state index in [9.17, 15) is 13.2 Å². The summed E-state index contributed by atoms with van der Waals surface area (Å²) in [6, 6.07) is 3.37. The van der Waals surface area contributed by atoms with Gasteiger partial charge < -0.3 is 14.8 Å². The molecule has 0 amide bonds. The first-order valence-electron chi connectivity index (χ1n) is 5.44. The molecule has 0 unspecified atom stereocenters. The van der Waals surface area contributed by atoms with Gasteiger partial charge in [0, 0.05) is 6.54 Å². The predicted octanol–water partition coefficient (Wildman–Crippen LogP) is 2.11. The highest BCUT2D eigenvalue weighted by Gasteiger charge is 2.27. The normalized spacial score (nSPS) is 11.6. The summed E-state index contributed by atoms with van der Waals surface area (Å²) in [5.41, 5.74) is 0.834. The molecule has 0 radical (unpaired) electrons.